The van der Waals surface area contributed by atoms with Crippen molar-refractivity contribution in [2.45, 2.75) is 13.5 Å². The second-order valence-corrected chi connectivity index (χ2v) is 4.18. The molecule has 0 spiro atoms. The van der Waals surface area contributed by atoms with Crippen LogP contribution in [-0.2, 0) is 13.6 Å². The topological polar surface area (TPSA) is 84.9 Å². The van der Waals surface area contributed by atoms with Crippen molar-refractivity contribution in [3.8, 4) is 0 Å². The highest BCUT2D eigenvalue weighted by Crippen LogP contribution is 2.15. The Kier molecular flexibility index (Phi) is 3.42. The van der Waals surface area contributed by atoms with E-state index in [9.17, 15) is 0 Å². The largest absolute Gasteiger partial charge is 0.355 e. The first kappa shape index (κ1) is 12.3. The second kappa shape index (κ2) is 5.01. The molecule has 18 heavy (non-hydrogen) atoms. The van der Waals surface area contributed by atoms with Gasteiger partial charge in [-0.05, 0) is 6.92 Å². The Hall–Kier alpha value is -2.15. The van der Waals surface area contributed by atoms with Crippen LogP contribution in [-0.4, -0.2) is 26.8 Å². The lowest BCUT2D eigenvalue weighted by molar-refractivity contribution is 0.766. The number of nitrogens with zero attached hydrogens (tertiary/aromatic N) is 5. The standard InChI is InChI=1S/C11H17N7/c1-8-14-10(16-12)4-11(15-8)17(2)6-9-5-13-18(3)7-9/h4-5,7H,6,12H2,1-3H3,(H,14,15,16). The molecule has 2 aromatic heterocycles. The van der Waals surface area contributed by atoms with Crippen molar-refractivity contribution in [2.24, 2.45) is 12.9 Å². The molecule has 7 nitrogen and oxygen atoms in total. The smallest absolute Gasteiger partial charge is 0.145 e. The molecule has 0 aliphatic heterocycles. The predicted octanol–water partition coefficient (Wildman–Crippen LogP) is 0.441. The van der Waals surface area contributed by atoms with Crippen LogP contribution in [0.4, 0.5) is 11.6 Å². The van der Waals surface area contributed by atoms with Gasteiger partial charge < -0.3 is 10.3 Å². The van der Waals surface area contributed by atoms with Crippen molar-refractivity contribution >= 4 is 11.6 Å². The van der Waals surface area contributed by atoms with Crippen molar-refractivity contribution in [3.63, 3.8) is 0 Å². The molecule has 0 aromatic carbocycles. The minimum atomic E-state index is 0.607. The van der Waals surface area contributed by atoms with Crippen LogP contribution in [0.3, 0.4) is 0 Å². The number of anilines is 2. The molecule has 0 bridgehead atoms. The van der Waals surface area contributed by atoms with Gasteiger partial charge in [0.1, 0.15) is 17.5 Å². The fourth-order valence-electron chi connectivity index (χ4n) is 1.73. The number of hydrazine groups is 1. The van der Waals surface area contributed by atoms with E-state index in [4.69, 9.17) is 5.84 Å². The van der Waals surface area contributed by atoms with Crippen molar-refractivity contribution in [1.82, 2.24) is 19.7 Å². The molecule has 2 heterocycles. The molecule has 0 saturated heterocycles. The van der Waals surface area contributed by atoms with Crippen molar-refractivity contribution in [2.75, 3.05) is 17.4 Å². The van der Waals surface area contributed by atoms with Gasteiger partial charge in [0.05, 0.1) is 6.20 Å². The van der Waals surface area contributed by atoms with E-state index in [-0.39, 0.29) is 0 Å². The summed E-state index contributed by atoms with van der Waals surface area (Å²) < 4.78 is 1.78. The summed E-state index contributed by atoms with van der Waals surface area (Å²) in [4.78, 5) is 10.6. The maximum atomic E-state index is 5.37. The lowest BCUT2D eigenvalue weighted by atomic mass is 10.3. The van der Waals surface area contributed by atoms with E-state index in [2.05, 4.69) is 20.5 Å². The number of aryl methyl sites for hydroxylation is 2. The van der Waals surface area contributed by atoms with Crippen molar-refractivity contribution < 1.29 is 0 Å². The molecule has 0 aliphatic carbocycles. The molecule has 0 aliphatic rings. The van der Waals surface area contributed by atoms with Gasteiger partial charge >= 0.3 is 0 Å². The zero-order valence-corrected chi connectivity index (χ0v) is 10.8. The van der Waals surface area contributed by atoms with E-state index in [0.717, 1.165) is 17.9 Å². The zero-order valence-electron chi connectivity index (χ0n) is 10.8. The molecular weight excluding hydrogens is 230 g/mol. The summed E-state index contributed by atoms with van der Waals surface area (Å²) in [5, 5.41) is 4.14. The quantitative estimate of drug-likeness (QED) is 0.602. The van der Waals surface area contributed by atoms with Crippen molar-refractivity contribution in [1.29, 1.82) is 0 Å². The van der Waals surface area contributed by atoms with E-state index >= 15 is 0 Å². The summed E-state index contributed by atoms with van der Waals surface area (Å²) in [5.74, 6) is 7.48. The summed E-state index contributed by atoms with van der Waals surface area (Å²) in [5.41, 5.74) is 3.66. The second-order valence-electron chi connectivity index (χ2n) is 4.18. The highest BCUT2D eigenvalue weighted by molar-refractivity contribution is 5.48. The first-order chi connectivity index (χ1) is 8.58. The molecule has 0 radical (unpaired) electrons. The average Bonchev–Trinajstić information content (AvgIpc) is 2.73. The van der Waals surface area contributed by atoms with Gasteiger partial charge in [0.25, 0.3) is 0 Å². The van der Waals surface area contributed by atoms with E-state index in [1.807, 2.05) is 44.4 Å². The number of nitrogens with two attached hydrogens (primary N) is 1. The summed E-state index contributed by atoms with van der Waals surface area (Å²) in [6, 6.07) is 1.81. The van der Waals surface area contributed by atoms with Gasteiger partial charge in [0, 0.05) is 38.5 Å². The SMILES string of the molecule is Cc1nc(NN)cc(N(C)Cc2cnn(C)c2)n1. The monoisotopic (exact) mass is 247 g/mol. The minimum Gasteiger partial charge on any atom is -0.355 e. The van der Waals surface area contributed by atoms with Crippen LogP contribution >= 0.6 is 0 Å². The molecule has 0 unspecified atom stereocenters. The van der Waals surface area contributed by atoms with Gasteiger partial charge in [-0.25, -0.2) is 15.8 Å². The number of aromatic nitrogens is 4. The van der Waals surface area contributed by atoms with E-state index in [1.54, 1.807) is 4.68 Å². The fraction of sp³-hybridized carbons (Fsp3) is 0.364. The summed E-state index contributed by atoms with van der Waals surface area (Å²) in [6.45, 7) is 2.57. The number of rotatable bonds is 4. The molecule has 3 N–H and O–H groups in total. The molecule has 2 rings (SSSR count). The Morgan fingerprint density at radius 2 is 2.22 bits per heavy atom. The van der Waals surface area contributed by atoms with Crippen LogP contribution in [0.5, 0.6) is 0 Å². The summed E-state index contributed by atoms with van der Waals surface area (Å²) in [7, 11) is 3.86. The van der Waals surface area contributed by atoms with E-state index in [1.165, 1.54) is 0 Å². The Bertz CT molecular complexity index is 534. The summed E-state index contributed by atoms with van der Waals surface area (Å²) in [6.07, 6.45) is 3.82. The first-order valence-electron chi connectivity index (χ1n) is 5.59. The highest BCUT2D eigenvalue weighted by Gasteiger charge is 2.07. The third-order valence-corrected chi connectivity index (χ3v) is 2.54. The van der Waals surface area contributed by atoms with Gasteiger partial charge in [-0.1, -0.05) is 0 Å². The summed E-state index contributed by atoms with van der Waals surface area (Å²) >= 11 is 0. The molecule has 0 fully saturated rings. The molecule has 0 saturated carbocycles. The van der Waals surface area contributed by atoms with E-state index < -0.39 is 0 Å². The van der Waals surface area contributed by atoms with Crippen LogP contribution in [0.2, 0.25) is 0 Å². The zero-order chi connectivity index (χ0) is 13.1. The minimum absolute atomic E-state index is 0.607. The normalized spacial score (nSPS) is 10.4. The highest BCUT2D eigenvalue weighted by atomic mass is 15.3. The molecule has 0 amide bonds. The van der Waals surface area contributed by atoms with Gasteiger partial charge in [-0.15, -0.1) is 0 Å². The number of hydrogen-bond donors (Lipinski definition) is 2. The van der Waals surface area contributed by atoms with Gasteiger partial charge in [0.2, 0.25) is 0 Å². The van der Waals surface area contributed by atoms with Crippen LogP contribution in [0, 0.1) is 6.92 Å². The van der Waals surface area contributed by atoms with Crippen molar-refractivity contribution in [3.05, 3.63) is 29.8 Å². The maximum Gasteiger partial charge on any atom is 0.145 e. The number of nitrogen functional groups attached to an aromatic ring is 1. The first-order valence-corrected chi connectivity index (χ1v) is 5.59. The third kappa shape index (κ3) is 2.75. The fourth-order valence-corrected chi connectivity index (χ4v) is 1.73. The average molecular weight is 247 g/mol. The lowest BCUT2D eigenvalue weighted by Crippen LogP contribution is -2.19. The Labute approximate surface area is 106 Å². The molecule has 96 valence electrons. The Balaban J connectivity index is 2.17. The number of hydrogen-bond acceptors (Lipinski definition) is 6. The van der Waals surface area contributed by atoms with E-state index in [0.29, 0.717) is 11.6 Å². The van der Waals surface area contributed by atoms with Crippen LogP contribution in [0.1, 0.15) is 11.4 Å². The number of nitrogens with one attached hydrogen (secondary N) is 1. The molecule has 7 heteroatoms. The van der Waals surface area contributed by atoms with Gasteiger partial charge in [0.15, 0.2) is 0 Å². The maximum absolute atomic E-state index is 5.37. The molecule has 0 atom stereocenters. The molecular formula is C11H17N7. The predicted molar refractivity (Wildman–Crippen MR) is 69.9 cm³/mol. The lowest BCUT2D eigenvalue weighted by Gasteiger charge is -2.18. The van der Waals surface area contributed by atoms with Crippen LogP contribution in [0.15, 0.2) is 18.5 Å². The van der Waals surface area contributed by atoms with Gasteiger partial charge in [-0.3, -0.25) is 4.68 Å². The Morgan fingerprint density at radius 3 is 2.83 bits per heavy atom. The molecule has 2 aromatic rings. The van der Waals surface area contributed by atoms with Crippen LogP contribution < -0.4 is 16.2 Å². The van der Waals surface area contributed by atoms with Gasteiger partial charge in [-0.2, -0.15) is 5.10 Å². The van der Waals surface area contributed by atoms with Crippen LogP contribution in [0.25, 0.3) is 0 Å². The Morgan fingerprint density at radius 1 is 1.44 bits per heavy atom. The third-order valence-electron chi connectivity index (χ3n) is 2.54.